The van der Waals surface area contributed by atoms with Crippen LogP contribution in [0.1, 0.15) is 32.3 Å². The standard InChI is InChI=1S/C19H32N4O/c1-3-9-19(2,20)18(24)21-10-11-22-12-14-23(15-13-22)16-17-7-5-4-6-8-17/h4-8H,3,9-16,20H2,1-2H3,(H,21,24). The maximum atomic E-state index is 12.1. The van der Waals surface area contributed by atoms with E-state index in [0.29, 0.717) is 6.54 Å². The van der Waals surface area contributed by atoms with Crippen molar-refractivity contribution in [1.82, 2.24) is 15.1 Å². The maximum Gasteiger partial charge on any atom is 0.239 e. The summed E-state index contributed by atoms with van der Waals surface area (Å²) in [5.41, 5.74) is 6.67. The topological polar surface area (TPSA) is 61.6 Å². The molecular weight excluding hydrogens is 300 g/mol. The Morgan fingerprint density at radius 1 is 1.17 bits per heavy atom. The van der Waals surface area contributed by atoms with Gasteiger partial charge in [-0.15, -0.1) is 0 Å². The lowest BCUT2D eigenvalue weighted by Crippen LogP contribution is -2.53. The smallest absolute Gasteiger partial charge is 0.239 e. The quantitative estimate of drug-likeness (QED) is 0.756. The van der Waals surface area contributed by atoms with Crippen LogP contribution >= 0.6 is 0 Å². The highest BCUT2D eigenvalue weighted by molar-refractivity contribution is 5.85. The molecule has 1 heterocycles. The summed E-state index contributed by atoms with van der Waals surface area (Å²) >= 11 is 0. The van der Waals surface area contributed by atoms with E-state index < -0.39 is 5.54 Å². The van der Waals surface area contributed by atoms with Gasteiger partial charge in [-0.2, -0.15) is 0 Å². The van der Waals surface area contributed by atoms with Gasteiger partial charge < -0.3 is 11.1 Å². The van der Waals surface area contributed by atoms with Crippen LogP contribution in [0.5, 0.6) is 0 Å². The molecule has 0 saturated carbocycles. The molecule has 1 aliphatic heterocycles. The maximum absolute atomic E-state index is 12.1. The van der Waals surface area contributed by atoms with Gasteiger partial charge in [0, 0.05) is 45.8 Å². The molecule has 0 radical (unpaired) electrons. The molecular formula is C19H32N4O. The van der Waals surface area contributed by atoms with Gasteiger partial charge in [-0.3, -0.25) is 14.6 Å². The first-order chi connectivity index (χ1) is 11.5. The lowest BCUT2D eigenvalue weighted by molar-refractivity contribution is -0.126. The summed E-state index contributed by atoms with van der Waals surface area (Å²) < 4.78 is 0. The summed E-state index contributed by atoms with van der Waals surface area (Å²) in [7, 11) is 0. The Hall–Kier alpha value is -1.43. The monoisotopic (exact) mass is 332 g/mol. The first-order valence-electron chi connectivity index (χ1n) is 9.07. The predicted molar refractivity (Wildman–Crippen MR) is 98.7 cm³/mol. The van der Waals surface area contributed by atoms with Crippen molar-refractivity contribution in [3.8, 4) is 0 Å². The second-order valence-electron chi connectivity index (χ2n) is 7.03. The average molecular weight is 332 g/mol. The van der Waals surface area contributed by atoms with Gasteiger partial charge in [-0.25, -0.2) is 0 Å². The second-order valence-corrected chi connectivity index (χ2v) is 7.03. The van der Waals surface area contributed by atoms with Crippen LogP contribution in [0.15, 0.2) is 30.3 Å². The van der Waals surface area contributed by atoms with Crippen LogP contribution in [0.25, 0.3) is 0 Å². The second kappa shape index (κ2) is 9.16. The molecule has 5 nitrogen and oxygen atoms in total. The summed E-state index contributed by atoms with van der Waals surface area (Å²) in [6.45, 7) is 10.7. The van der Waals surface area contributed by atoms with Crippen molar-refractivity contribution in [2.75, 3.05) is 39.3 Å². The molecule has 2 rings (SSSR count). The van der Waals surface area contributed by atoms with Crippen molar-refractivity contribution in [1.29, 1.82) is 0 Å². The van der Waals surface area contributed by atoms with Gasteiger partial charge in [0.2, 0.25) is 5.91 Å². The van der Waals surface area contributed by atoms with Crippen molar-refractivity contribution in [2.45, 2.75) is 38.8 Å². The third-order valence-electron chi connectivity index (χ3n) is 4.72. The molecule has 3 N–H and O–H groups in total. The molecule has 1 atom stereocenters. The van der Waals surface area contributed by atoms with E-state index in [2.05, 4.69) is 45.4 Å². The minimum atomic E-state index is -0.747. The lowest BCUT2D eigenvalue weighted by atomic mass is 9.96. The van der Waals surface area contributed by atoms with E-state index in [1.54, 1.807) is 0 Å². The number of piperazine rings is 1. The largest absolute Gasteiger partial charge is 0.353 e. The van der Waals surface area contributed by atoms with E-state index in [4.69, 9.17) is 5.73 Å². The molecule has 0 spiro atoms. The number of nitrogens with two attached hydrogens (primary N) is 1. The molecule has 1 aromatic carbocycles. The molecule has 1 aromatic rings. The van der Waals surface area contributed by atoms with Crippen LogP contribution in [-0.2, 0) is 11.3 Å². The zero-order valence-electron chi connectivity index (χ0n) is 15.1. The first kappa shape index (κ1) is 18.9. The number of carbonyl (C=O) groups is 1. The van der Waals surface area contributed by atoms with Gasteiger partial charge >= 0.3 is 0 Å². The van der Waals surface area contributed by atoms with Gasteiger partial charge in [0.25, 0.3) is 0 Å². The number of nitrogens with one attached hydrogen (secondary N) is 1. The average Bonchev–Trinajstić information content (AvgIpc) is 2.57. The number of nitrogens with zero attached hydrogens (tertiary/aromatic N) is 2. The Labute approximate surface area is 146 Å². The van der Waals surface area contributed by atoms with E-state index in [9.17, 15) is 4.79 Å². The van der Waals surface area contributed by atoms with Crippen molar-refractivity contribution < 1.29 is 4.79 Å². The van der Waals surface area contributed by atoms with Crippen molar-refractivity contribution in [3.05, 3.63) is 35.9 Å². The van der Waals surface area contributed by atoms with Gasteiger partial charge in [-0.1, -0.05) is 43.7 Å². The van der Waals surface area contributed by atoms with Crippen molar-refractivity contribution >= 4 is 5.91 Å². The molecule has 1 aliphatic rings. The summed E-state index contributed by atoms with van der Waals surface area (Å²) in [5, 5.41) is 2.99. The SMILES string of the molecule is CCCC(C)(N)C(=O)NCCN1CCN(Cc2ccccc2)CC1. The van der Waals surface area contributed by atoms with Crippen LogP contribution < -0.4 is 11.1 Å². The van der Waals surface area contributed by atoms with Crippen LogP contribution in [-0.4, -0.2) is 60.5 Å². The zero-order valence-corrected chi connectivity index (χ0v) is 15.1. The Balaban J connectivity index is 1.64. The predicted octanol–water partition coefficient (Wildman–Crippen LogP) is 1.44. The van der Waals surface area contributed by atoms with Gasteiger partial charge in [0.05, 0.1) is 5.54 Å². The number of benzene rings is 1. The van der Waals surface area contributed by atoms with Gasteiger partial charge in [-0.05, 0) is 18.9 Å². The fraction of sp³-hybridized carbons (Fsp3) is 0.632. The fourth-order valence-electron chi connectivity index (χ4n) is 3.17. The Morgan fingerprint density at radius 3 is 2.42 bits per heavy atom. The molecule has 5 heteroatoms. The minimum Gasteiger partial charge on any atom is -0.353 e. The highest BCUT2D eigenvalue weighted by atomic mass is 16.2. The molecule has 1 unspecified atom stereocenters. The molecule has 24 heavy (non-hydrogen) atoms. The van der Waals surface area contributed by atoms with E-state index in [0.717, 1.165) is 52.1 Å². The lowest BCUT2D eigenvalue weighted by Gasteiger charge is -2.35. The molecule has 0 bridgehead atoms. The van der Waals surface area contributed by atoms with Gasteiger partial charge in [0.15, 0.2) is 0 Å². The highest BCUT2D eigenvalue weighted by Gasteiger charge is 2.26. The number of carbonyl (C=O) groups excluding carboxylic acids is 1. The van der Waals surface area contributed by atoms with Crippen LogP contribution in [0.4, 0.5) is 0 Å². The molecule has 1 fully saturated rings. The van der Waals surface area contributed by atoms with E-state index >= 15 is 0 Å². The Kier molecular flexibility index (Phi) is 7.21. The highest BCUT2D eigenvalue weighted by Crippen LogP contribution is 2.09. The molecule has 0 aromatic heterocycles. The summed E-state index contributed by atoms with van der Waals surface area (Å²) in [4.78, 5) is 17.0. The normalized spacial score (nSPS) is 19.0. The fourth-order valence-corrected chi connectivity index (χ4v) is 3.17. The molecule has 1 saturated heterocycles. The van der Waals surface area contributed by atoms with E-state index in [-0.39, 0.29) is 5.91 Å². The number of hydrogen-bond donors (Lipinski definition) is 2. The molecule has 1 amide bonds. The van der Waals surface area contributed by atoms with Crippen LogP contribution in [0.2, 0.25) is 0 Å². The summed E-state index contributed by atoms with van der Waals surface area (Å²) in [6.07, 6.45) is 1.64. The van der Waals surface area contributed by atoms with Gasteiger partial charge in [0.1, 0.15) is 0 Å². The molecule has 0 aliphatic carbocycles. The molecule has 134 valence electrons. The van der Waals surface area contributed by atoms with E-state index in [1.165, 1.54) is 5.56 Å². The number of hydrogen-bond acceptors (Lipinski definition) is 4. The Bertz CT molecular complexity index is 495. The number of amides is 1. The van der Waals surface area contributed by atoms with Crippen molar-refractivity contribution in [2.24, 2.45) is 5.73 Å². The minimum absolute atomic E-state index is 0.0351. The summed E-state index contributed by atoms with van der Waals surface area (Å²) in [5.74, 6) is -0.0351. The zero-order chi connectivity index (χ0) is 17.4. The van der Waals surface area contributed by atoms with Crippen LogP contribution in [0, 0.1) is 0 Å². The summed E-state index contributed by atoms with van der Waals surface area (Å²) in [6, 6.07) is 10.6. The first-order valence-corrected chi connectivity index (χ1v) is 9.07. The van der Waals surface area contributed by atoms with Crippen LogP contribution in [0.3, 0.4) is 0 Å². The van der Waals surface area contributed by atoms with E-state index in [1.807, 2.05) is 13.8 Å². The third kappa shape index (κ3) is 5.89. The van der Waals surface area contributed by atoms with Crippen molar-refractivity contribution in [3.63, 3.8) is 0 Å². The Morgan fingerprint density at radius 2 is 1.79 bits per heavy atom. The third-order valence-corrected chi connectivity index (χ3v) is 4.72. The number of rotatable bonds is 8.